The summed E-state index contributed by atoms with van der Waals surface area (Å²) >= 11 is 0. The Labute approximate surface area is 181 Å². The predicted molar refractivity (Wildman–Crippen MR) is 118 cm³/mol. The normalized spacial score (nSPS) is 16.2. The van der Waals surface area contributed by atoms with Crippen LogP contribution in [0, 0.1) is 6.57 Å². The number of fused-ring (bicyclic) bond motifs is 1. The quantitative estimate of drug-likeness (QED) is 0.541. The highest BCUT2D eigenvalue weighted by Crippen LogP contribution is 2.38. The molecule has 0 unspecified atom stereocenters. The number of nitrogens with zero attached hydrogens (tertiary/aromatic N) is 3. The number of aliphatic hydroxyl groups excluding tert-OH is 1. The fourth-order valence-electron chi connectivity index (χ4n) is 3.97. The van der Waals surface area contributed by atoms with Gasteiger partial charge in [0.1, 0.15) is 5.75 Å². The first-order valence-electron chi connectivity index (χ1n) is 10.5. The third-order valence-electron chi connectivity index (χ3n) is 5.39. The maximum atomic E-state index is 9.36. The van der Waals surface area contributed by atoms with Crippen molar-refractivity contribution >= 4 is 5.69 Å². The van der Waals surface area contributed by atoms with Crippen LogP contribution >= 0.6 is 0 Å². The molecule has 2 atom stereocenters. The van der Waals surface area contributed by atoms with Gasteiger partial charge in [-0.15, -0.1) is 0 Å². The van der Waals surface area contributed by atoms with Crippen LogP contribution < -0.4 is 10.1 Å². The molecule has 1 aliphatic rings. The zero-order valence-electron chi connectivity index (χ0n) is 17.9. The van der Waals surface area contributed by atoms with Gasteiger partial charge in [0.2, 0.25) is 11.5 Å². The van der Waals surface area contributed by atoms with E-state index in [-0.39, 0.29) is 24.8 Å². The SMILES string of the molecule is [C-]#[N+]c1cc(-c2nc(-c3cccc4c3CC[C@@H]4N[C@@H](C)CO)no2)ccc1OC(C)C. The number of hydrogen-bond donors (Lipinski definition) is 2. The Morgan fingerprint density at radius 3 is 2.87 bits per heavy atom. The summed E-state index contributed by atoms with van der Waals surface area (Å²) in [5, 5.41) is 17.0. The molecule has 0 spiro atoms. The number of aromatic nitrogens is 2. The van der Waals surface area contributed by atoms with Crippen molar-refractivity contribution in [1.29, 1.82) is 0 Å². The highest BCUT2D eigenvalue weighted by atomic mass is 16.5. The summed E-state index contributed by atoms with van der Waals surface area (Å²) in [7, 11) is 0. The summed E-state index contributed by atoms with van der Waals surface area (Å²) in [6, 6.07) is 11.7. The minimum Gasteiger partial charge on any atom is -0.502 e. The lowest BCUT2D eigenvalue weighted by atomic mass is 10.0. The molecule has 7 nitrogen and oxygen atoms in total. The average molecular weight is 418 g/mol. The first-order valence-corrected chi connectivity index (χ1v) is 10.5. The molecule has 1 aliphatic carbocycles. The van der Waals surface area contributed by atoms with Crippen LogP contribution in [0.1, 0.15) is 44.4 Å². The number of aliphatic hydroxyl groups is 1. The van der Waals surface area contributed by atoms with Crippen molar-refractivity contribution in [2.75, 3.05) is 6.61 Å². The maximum absolute atomic E-state index is 9.36. The number of nitrogens with one attached hydrogen (secondary N) is 1. The molecule has 0 saturated carbocycles. The molecule has 0 fully saturated rings. The molecule has 0 radical (unpaired) electrons. The van der Waals surface area contributed by atoms with Crippen LogP contribution in [0.4, 0.5) is 5.69 Å². The average Bonchev–Trinajstić information content (AvgIpc) is 3.41. The third-order valence-corrected chi connectivity index (χ3v) is 5.39. The highest BCUT2D eigenvalue weighted by molar-refractivity contribution is 5.70. The summed E-state index contributed by atoms with van der Waals surface area (Å²) in [6.07, 6.45) is 1.86. The molecule has 2 N–H and O–H groups in total. The Bertz CT molecular complexity index is 1120. The molecule has 2 aromatic carbocycles. The number of rotatable bonds is 7. The van der Waals surface area contributed by atoms with E-state index in [1.165, 1.54) is 11.1 Å². The van der Waals surface area contributed by atoms with E-state index in [2.05, 4.69) is 26.4 Å². The van der Waals surface area contributed by atoms with E-state index in [9.17, 15) is 5.11 Å². The van der Waals surface area contributed by atoms with Gasteiger partial charge in [0.15, 0.2) is 0 Å². The topological polar surface area (TPSA) is 84.8 Å². The van der Waals surface area contributed by atoms with Crippen LogP contribution in [0.2, 0.25) is 0 Å². The fourth-order valence-corrected chi connectivity index (χ4v) is 3.97. The molecule has 0 saturated heterocycles. The predicted octanol–water partition coefficient (Wildman–Crippen LogP) is 4.70. The largest absolute Gasteiger partial charge is 0.502 e. The first kappa shape index (κ1) is 21.0. The Morgan fingerprint density at radius 2 is 2.13 bits per heavy atom. The number of ether oxygens (including phenoxy) is 1. The van der Waals surface area contributed by atoms with Gasteiger partial charge in [-0.2, -0.15) is 4.98 Å². The van der Waals surface area contributed by atoms with E-state index in [1.807, 2.05) is 39.0 Å². The lowest BCUT2D eigenvalue weighted by molar-refractivity contribution is 0.240. The van der Waals surface area contributed by atoms with Crippen molar-refractivity contribution in [3.05, 3.63) is 58.9 Å². The van der Waals surface area contributed by atoms with Gasteiger partial charge in [0.05, 0.1) is 19.3 Å². The van der Waals surface area contributed by atoms with Gasteiger partial charge in [-0.1, -0.05) is 23.4 Å². The second kappa shape index (κ2) is 8.88. The Morgan fingerprint density at radius 1 is 1.29 bits per heavy atom. The summed E-state index contributed by atoms with van der Waals surface area (Å²) in [5.41, 5.74) is 4.48. The van der Waals surface area contributed by atoms with Gasteiger partial charge < -0.3 is 19.7 Å². The fraction of sp³-hybridized carbons (Fsp3) is 0.375. The number of hydrogen-bond acceptors (Lipinski definition) is 6. The summed E-state index contributed by atoms with van der Waals surface area (Å²) in [6.45, 7) is 13.4. The summed E-state index contributed by atoms with van der Waals surface area (Å²) in [5.74, 6) is 1.45. The zero-order chi connectivity index (χ0) is 22.0. The lowest BCUT2D eigenvalue weighted by Crippen LogP contribution is -2.32. The van der Waals surface area contributed by atoms with Crippen LogP contribution in [-0.4, -0.2) is 34.0 Å². The van der Waals surface area contributed by atoms with Crippen molar-refractivity contribution in [3.63, 3.8) is 0 Å². The third kappa shape index (κ3) is 4.31. The molecule has 31 heavy (non-hydrogen) atoms. The van der Waals surface area contributed by atoms with E-state index >= 15 is 0 Å². The Kier molecular flexibility index (Phi) is 6.03. The second-order valence-electron chi connectivity index (χ2n) is 8.10. The monoisotopic (exact) mass is 418 g/mol. The van der Waals surface area contributed by atoms with Crippen molar-refractivity contribution in [2.45, 2.75) is 51.8 Å². The van der Waals surface area contributed by atoms with E-state index in [0.29, 0.717) is 28.7 Å². The van der Waals surface area contributed by atoms with Crippen LogP contribution in [0.3, 0.4) is 0 Å². The van der Waals surface area contributed by atoms with Gasteiger partial charge in [-0.05, 0) is 62.9 Å². The second-order valence-corrected chi connectivity index (χ2v) is 8.10. The smallest absolute Gasteiger partial charge is 0.256 e. The first-order chi connectivity index (χ1) is 15.0. The lowest BCUT2D eigenvalue weighted by Gasteiger charge is -2.18. The standard InChI is InChI=1S/C24H26N4O3/c1-14(2)30-22-11-8-16(12-21(22)25-4)24-27-23(28-31-24)19-7-5-6-18-17(19)9-10-20(18)26-15(3)13-29/h5-8,11-12,14-15,20,26,29H,9-10,13H2,1-3H3/t15-,20-/m0/s1. The molecular weight excluding hydrogens is 392 g/mol. The van der Waals surface area contributed by atoms with E-state index < -0.39 is 0 Å². The van der Waals surface area contributed by atoms with E-state index in [0.717, 1.165) is 18.4 Å². The van der Waals surface area contributed by atoms with Gasteiger partial charge in [0.25, 0.3) is 5.89 Å². The minimum absolute atomic E-state index is 0.0137. The van der Waals surface area contributed by atoms with Crippen LogP contribution in [0.5, 0.6) is 5.75 Å². The van der Waals surface area contributed by atoms with E-state index in [4.69, 9.17) is 15.8 Å². The van der Waals surface area contributed by atoms with Gasteiger partial charge in [-0.3, -0.25) is 0 Å². The molecule has 7 heteroatoms. The maximum Gasteiger partial charge on any atom is 0.256 e. The molecule has 1 heterocycles. The molecule has 0 aliphatic heterocycles. The molecule has 4 rings (SSSR count). The molecule has 0 amide bonds. The summed E-state index contributed by atoms with van der Waals surface area (Å²) < 4.78 is 11.2. The van der Waals surface area contributed by atoms with Gasteiger partial charge >= 0.3 is 0 Å². The highest BCUT2D eigenvalue weighted by Gasteiger charge is 2.27. The molecular formula is C24H26N4O3. The van der Waals surface area contributed by atoms with Gasteiger partial charge in [0, 0.05) is 23.2 Å². The number of benzene rings is 2. The molecule has 3 aromatic rings. The van der Waals surface area contributed by atoms with Crippen molar-refractivity contribution in [1.82, 2.24) is 15.5 Å². The molecule has 0 bridgehead atoms. The van der Waals surface area contributed by atoms with Crippen LogP contribution in [-0.2, 0) is 6.42 Å². The van der Waals surface area contributed by atoms with Crippen LogP contribution in [0.25, 0.3) is 27.7 Å². The Hall–Kier alpha value is -3.21. The Balaban J connectivity index is 1.63. The zero-order valence-corrected chi connectivity index (χ0v) is 17.9. The minimum atomic E-state index is -0.0137. The van der Waals surface area contributed by atoms with Crippen molar-refractivity contribution in [2.24, 2.45) is 0 Å². The van der Waals surface area contributed by atoms with Crippen LogP contribution in [0.15, 0.2) is 40.9 Å². The van der Waals surface area contributed by atoms with Gasteiger partial charge in [-0.25, -0.2) is 4.85 Å². The van der Waals surface area contributed by atoms with Crippen molar-refractivity contribution in [3.8, 4) is 28.6 Å². The van der Waals surface area contributed by atoms with E-state index in [1.54, 1.807) is 12.1 Å². The van der Waals surface area contributed by atoms with Crippen molar-refractivity contribution < 1.29 is 14.4 Å². The molecule has 160 valence electrons. The summed E-state index contributed by atoms with van der Waals surface area (Å²) in [4.78, 5) is 8.19. The molecule has 1 aromatic heterocycles.